The van der Waals surface area contributed by atoms with Crippen molar-refractivity contribution in [3.8, 4) is 5.69 Å². The first kappa shape index (κ1) is 11.5. The van der Waals surface area contributed by atoms with Crippen LogP contribution >= 0.6 is 0 Å². The van der Waals surface area contributed by atoms with Crippen LogP contribution in [0.3, 0.4) is 0 Å². The summed E-state index contributed by atoms with van der Waals surface area (Å²) in [5, 5.41) is 4.09. The minimum Gasteiger partial charge on any atom is -0.310 e. The number of hydrogen-bond acceptors (Lipinski definition) is 0. The van der Waals surface area contributed by atoms with Gasteiger partial charge in [0.1, 0.15) is 0 Å². The van der Waals surface area contributed by atoms with Crippen LogP contribution in [0.25, 0.3) is 28.7 Å². The van der Waals surface area contributed by atoms with Gasteiger partial charge in [-0.1, -0.05) is 55.5 Å². The van der Waals surface area contributed by atoms with E-state index in [1.165, 1.54) is 27.2 Å². The molecule has 0 aliphatic heterocycles. The second-order valence-electron chi connectivity index (χ2n) is 5.57. The van der Waals surface area contributed by atoms with Crippen molar-refractivity contribution in [3.63, 3.8) is 0 Å². The number of rotatable bonds is 1. The van der Waals surface area contributed by atoms with Gasteiger partial charge in [-0.2, -0.15) is 0 Å². The van der Waals surface area contributed by atoms with Crippen LogP contribution in [0.2, 0.25) is 0 Å². The van der Waals surface area contributed by atoms with Crippen LogP contribution in [-0.2, 0) is 0 Å². The molecule has 2 aromatic carbocycles. The van der Waals surface area contributed by atoms with Gasteiger partial charge in [-0.05, 0) is 30.5 Å². The Balaban J connectivity index is 2.22. The highest BCUT2D eigenvalue weighted by Gasteiger charge is 2.12. The molecule has 0 N–H and O–H groups in total. The summed E-state index contributed by atoms with van der Waals surface area (Å²) in [7, 11) is 0. The molecule has 4 rings (SSSR count). The fourth-order valence-corrected chi connectivity index (χ4v) is 3.16. The van der Waals surface area contributed by atoms with Crippen molar-refractivity contribution < 1.29 is 0 Å². The SMILES string of the molecule is CC1C=c2c(c3ccccc3n2-c2ccccc2)=CC1. The highest BCUT2D eigenvalue weighted by molar-refractivity contribution is 5.84. The highest BCUT2D eigenvalue weighted by Crippen LogP contribution is 2.17. The van der Waals surface area contributed by atoms with Crippen molar-refractivity contribution in [1.29, 1.82) is 0 Å². The van der Waals surface area contributed by atoms with Crippen molar-refractivity contribution in [1.82, 2.24) is 4.57 Å². The molecule has 1 heteroatoms. The standard InChI is InChI=1S/C19H17N/c1-14-11-12-17-16-9-5-6-10-18(16)20(19(17)13-14)15-7-3-2-4-8-15/h2-10,12-14H,11H2,1H3. The molecule has 0 spiro atoms. The Morgan fingerprint density at radius 1 is 0.950 bits per heavy atom. The van der Waals surface area contributed by atoms with Crippen LogP contribution in [0.4, 0.5) is 0 Å². The van der Waals surface area contributed by atoms with E-state index in [9.17, 15) is 0 Å². The quantitative estimate of drug-likeness (QED) is 0.632. The molecule has 1 atom stereocenters. The Morgan fingerprint density at radius 3 is 2.55 bits per heavy atom. The zero-order valence-electron chi connectivity index (χ0n) is 11.6. The minimum absolute atomic E-state index is 0.606. The normalized spacial score (nSPS) is 17.4. The molecule has 1 aliphatic carbocycles. The third-order valence-electron chi connectivity index (χ3n) is 4.10. The number of nitrogens with zero attached hydrogens (tertiary/aromatic N) is 1. The maximum Gasteiger partial charge on any atom is 0.0540 e. The molecular formula is C19H17N. The first-order valence-corrected chi connectivity index (χ1v) is 7.21. The van der Waals surface area contributed by atoms with E-state index in [0.29, 0.717) is 5.92 Å². The first-order chi connectivity index (χ1) is 9.84. The summed E-state index contributed by atoms with van der Waals surface area (Å²) < 4.78 is 2.39. The van der Waals surface area contributed by atoms with Gasteiger partial charge in [-0.3, -0.25) is 0 Å². The fraction of sp³-hybridized carbons (Fsp3) is 0.158. The Bertz CT molecular complexity index is 885. The van der Waals surface area contributed by atoms with Crippen molar-refractivity contribution >= 4 is 23.1 Å². The molecule has 1 unspecified atom stereocenters. The average molecular weight is 259 g/mol. The van der Waals surface area contributed by atoms with E-state index in [0.717, 1.165) is 6.42 Å². The zero-order chi connectivity index (χ0) is 13.5. The van der Waals surface area contributed by atoms with Crippen molar-refractivity contribution in [3.05, 3.63) is 65.2 Å². The van der Waals surface area contributed by atoms with Gasteiger partial charge in [0.2, 0.25) is 0 Å². The Morgan fingerprint density at radius 2 is 1.70 bits per heavy atom. The van der Waals surface area contributed by atoms with Gasteiger partial charge in [0.25, 0.3) is 0 Å². The summed E-state index contributed by atoms with van der Waals surface area (Å²) in [4.78, 5) is 0. The second kappa shape index (κ2) is 4.38. The number of para-hydroxylation sites is 2. The molecule has 0 amide bonds. The van der Waals surface area contributed by atoms with E-state index in [1.807, 2.05) is 0 Å². The number of fused-ring (bicyclic) bond motifs is 3. The zero-order valence-corrected chi connectivity index (χ0v) is 11.6. The second-order valence-corrected chi connectivity index (χ2v) is 5.57. The largest absolute Gasteiger partial charge is 0.310 e. The summed E-state index contributed by atoms with van der Waals surface area (Å²) in [5.41, 5.74) is 2.54. The van der Waals surface area contributed by atoms with Gasteiger partial charge in [-0.25, -0.2) is 0 Å². The lowest BCUT2D eigenvalue weighted by Crippen LogP contribution is -2.31. The van der Waals surface area contributed by atoms with Crippen molar-refractivity contribution in [2.24, 2.45) is 5.92 Å². The smallest absolute Gasteiger partial charge is 0.0540 e. The summed E-state index contributed by atoms with van der Waals surface area (Å²) >= 11 is 0. The molecule has 20 heavy (non-hydrogen) atoms. The third-order valence-corrected chi connectivity index (χ3v) is 4.10. The molecule has 0 saturated heterocycles. The maximum absolute atomic E-state index is 2.41. The molecule has 1 aromatic heterocycles. The average Bonchev–Trinajstić information content (AvgIpc) is 2.81. The number of aromatic nitrogens is 1. The van der Waals surface area contributed by atoms with Gasteiger partial charge in [-0.15, -0.1) is 0 Å². The van der Waals surface area contributed by atoms with Gasteiger partial charge >= 0.3 is 0 Å². The minimum atomic E-state index is 0.606. The molecule has 1 heterocycles. The van der Waals surface area contributed by atoms with E-state index >= 15 is 0 Å². The fourth-order valence-electron chi connectivity index (χ4n) is 3.16. The number of benzene rings is 2. The van der Waals surface area contributed by atoms with Gasteiger partial charge in [0.05, 0.1) is 10.9 Å². The van der Waals surface area contributed by atoms with Crippen LogP contribution in [0.5, 0.6) is 0 Å². The summed E-state index contributed by atoms with van der Waals surface area (Å²) in [5.74, 6) is 0.606. The molecule has 0 radical (unpaired) electrons. The van der Waals surface area contributed by atoms with E-state index in [-0.39, 0.29) is 0 Å². The Hall–Kier alpha value is -2.28. The van der Waals surface area contributed by atoms with Crippen molar-refractivity contribution in [2.75, 3.05) is 0 Å². The van der Waals surface area contributed by atoms with E-state index in [2.05, 4.69) is 78.2 Å². The van der Waals surface area contributed by atoms with E-state index in [1.54, 1.807) is 0 Å². The summed E-state index contributed by atoms with van der Waals surface area (Å²) in [6, 6.07) is 19.3. The lowest BCUT2D eigenvalue weighted by Gasteiger charge is -2.09. The molecule has 0 bridgehead atoms. The number of hydrogen-bond donors (Lipinski definition) is 0. The monoisotopic (exact) mass is 259 g/mol. The van der Waals surface area contributed by atoms with Crippen LogP contribution in [0, 0.1) is 5.92 Å². The van der Waals surface area contributed by atoms with Crippen LogP contribution in [-0.4, -0.2) is 4.57 Å². The van der Waals surface area contributed by atoms with Gasteiger partial charge < -0.3 is 4.57 Å². The maximum atomic E-state index is 2.41. The molecule has 1 aliphatic rings. The Kier molecular flexibility index (Phi) is 2.53. The van der Waals surface area contributed by atoms with Crippen LogP contribution in [0.1, 0.15) is 13.3 Å². The van der Waals surface area contributed by atoms with E-state index in [4.69, 9.17) is 0 Å². The van der Waals surface area contributed by atoms with Crippen LogP contribution in [0.15, 0.2) is 54.6 Å². The summed E-state index contributed by atoms with van der Waals surface area (Å²) in [6.45, 7) is 2.28. The molecule has 0 fully saturated rings. The molecule has 0 saturated carbocycles. The van der Waals surface area contributed by atoms with Crippen LogP contribution < -0.4 is 10.6 Å². The molecule has 3 aromatic rings. The highest BCUT2D eigenvalue weighted by atomic mass is 15.0. The first-order valence-electron chi connectivity index (χ1n) is 7.21. The Labute approximate surface area is 118 Å². The third kappa shape index (κ3) is 1.63. The van der Waals surface area contributed by atoms with Crippen molar-refractivity contribution in [2.45, 2.75) is 13.3 Å². The van der Waals surface area contributed by atoms with Gasteiger partial charge in [0.15, 0.2) is 0 Å². The lowest BCUT2D eigenvalue weighted by molar-refractivity contribution is 0.793. The predicted octanol–water partition coefficient (Wildman–Crippen LogP) is 3.23. The molecule has 98 valence electrons. The lowest BCUT2D eigenvalue weighted by atomic mass is 10.0. The summed E-state index contributed by atoms with van der Waals surface area (Å²) in [6.07, 6.45) is 5.93. The topological polar surface area (TPSA) is 4.93 Å². The van der Waals surface area contributed by atoms with E-state index < -0.39 is 0 Å². The molecular weight excluding hydrogens is 242 g/mol. The molecule has 1 nitrogen and oxygen atoms in total. The predicted molar refractivity (Wildman–Crippen MR) is 85.2 cm³/mol. The van der Waals surface area contributed by atoms with Gasteiger partial charge in [0, 0.05) is 16.3 Å².